The lowest BCUT2D eigenvalue weighted by Crippen LogP contribution is -2.51. The Morgan fingerprint density at radius 1 is 0.617 bits per heavy atom. The van der Waals surface area contributed by atoms with Crippen molar-refractivity contribution in [1.29, 1.82) is 0 Å². The van der Waals surface area contributed by atoms with Gasteiger partial charge in [-0.15, -0.1) is 0 Å². The predicted octanol–water partition coefficient (Wildman–Crippen LogP) is 7.87. The molecule has 7 rings (SSSR count). The van der Waals surface area contributed by atoms with Gasteiger partial charge in [-0.25, -0.2) is 19.6 Å². The van der Waals surface area contributed by atoms with Crippen LogP contribution in [0.3, 0.4) is 0 Å². The highest BCUT2D eigenvalue weighted by Crippen LogP contribution is 2.38. The highest BCUT2D eigenvalue weighted by molar-refractivity contribution is 5.91. The molecule has 0 spiro atoms. The molecule has 3 aromatic carbocycles. The van der Waals surface area contributed by atoms with Crippen molar-refractivity contribution in [3.8, 4) is 33.6 Å². The van der Waals surface area contributed by atoms with Gasteiger partial charge in [-0.05, 0) is 76.1 Å². The Labute approximate surface area is 350 Å². The first-order valence-electron chi connectivity index (χ1n) is 20.8. The standard InChI is InChI=1S/C46H56N8O6/c1-25(2)39(51-45(57)59-7)43(55)53-23-27(5)17-37(53)41-47-21-35(49-41)30-11-9-29(10-12-30)31-13-14-33-20-34(16-15-32(33)19-31)36-22-48-42(50-36)38-18-28(6)24-54(38)44(56)40(26(3)4)52-46(58)60-8/h9-16,19-22,25-28,37-40H,17-18,23-24H2,1-8H3,(H,47,49)(H,48,50)(H,51,57)(H,52,58)/t27-,28-,37+,38+,39+,40+/m1/s1. The van der Waals surface area contributed by atoms with Crippen molar-refractivity contribution in [1.82, 2.24) is 40.4 Å². The van der Waals surface area contributed by atoms with E-state index >= 15 is 0 Å². The molecule has 0 bridgehead atoms. The number of H-pyrrole nitrogens is 2. The lowest BCUT2D eigenvalue weighted by atomic mass is 9.98. The number of aromatic amines is 2. The number of nitrogens with zero attached hydrogens (tertiary/aromatic N) is 4. The van der Waals surface area contributed by atoms with Crippen molar-refractivity contribution in [2.24, 2.45) is 23.7 Å². The minimum atomic E-state index is -0.701. The Kier molecular flexibility index (Phi) is 12.3. The van der Waals surface area contributed by atoms with Gasteiger partial charge >= 0.3 is 12.2 Å². The van der Waals surface area contributed by atoms with Gasteiger partial charge in [0, 0.05) is 18.7 Å². The summed E-state index contributed by atoms with van der Waals surface area (Å²) in [6.45, 7) is 13.0. The van der Waals surface area contributed by atoms with E-state index in [1.807, 2.05) is 49.9 Å². The number of fused-ring (bicyclic) bond motifs is 1. The van der Waals surface area contributed by atoms with E-state index in [2.05, 4.69) is 95.1 Å². The van der Waals surface area contributed by atoms with Gasteiger partial charge in [0.2, 0.25) is 11.8 Å². The van der Waals surface area contributed by atoms with Crippen molar-refractivity contribution in [3.05, 3.63) is 84.7 Å². The molecule has 4 heterocycles. The summed E-state index contributed by atoms with van der Waals surface area (Å²) in [5, 5.41) is 7.62. The number of hydrogen-bond donors (Lipinski definition) is 4. The topological polar surface area (TPSA) is 175 Å². The van der Waals surface area contributed by atoms with Crippen LogP contribution in [0.1, 0.15) is 78.1 Å². The number of nitrogens with one attached hydrogen (secondary N) is 4. The zero-order valence-electron chi connectivity index (χ0n) is 35.6. The summed E-state index contributed by atoms with van der Waals surface area (Å²) in [4.78, 5) is 71.6. The second-order valence-electron chi connectivity index (χ2n) is 17.1. The molecule has 4 N–H and O–H groups in total. The second-order valence-corrected chi connectivity index (χ2v) is 17.1. The summed E-state index contributed by atoms with van der Waals surface area (Å²) in [5.41, 5.74) is 5.87. The highest BCUT2D eigenvalue weighted by Gasteiger charge is 2.41. The molecule has 0 unspecified atom stereocenters. The molecule has 5 aromatic rings. The number of likely N-dealkylation sites (tertiary alicyclic amines) is 2. The van der Waals surface area contributed by atoms with Crippen LogP contribution in [0.15, 0.2) is 73.1 Å². The number of carbonyl (C=O) groups excluding carboxylic acids is 4. The quantitative estimate of drug-likeness (QED) is 0.104. The van der Waals surface area contributed by atoms with Gasteiger partial charge in [0.15, 0.2) is 0 Å². The maximum absolute atomic E-state index is 13.7. The molecule has 0 aliphatic carbocycles. The molecule has 2 aliphatic rings. The summed E-state index contributed by atoms with van der Waals surface area (Å²) in [5.74, 6) is 1.50. The zero-order chi connectivity index (χ0) is 42.8. The number of ether oxygens (including phenoxy) is 2. The van der Waals surface area contributed by atoms with Crippen LogP contribution in [0.5, 0.6) is 0 Å². The fourth-order valence-electron chi connectivity index (χ4n) is 8.59. The Bertz CT molecular complexity index is 2350. The number of aromatic nitrogens is 4. The Morgan fingerprint density at radius 3 is 1.47 bits per heavy atom. The molecule has 14 nitrogen and oxygen atoms in total. The molecule has 2 aromatic heterocycles. The number of imidazole rings is 2. The van der Waals surface area contributed by atoms with Gasteiger partial charge in [-0.1, -0.05) is 90.1 Å². The lowest BCUT2D eigenvalue weighted by Gasteiger charge is -2.30. The summed E-state index contributed by atoms with van der Waals surface area (Å²) in [6, 6.07) is 19.3. The molecule has 2 saturated heterocycles. The van der Waals surface area contributed by atoms with Gasteiger partial charge < -0.3 is 39.9 Å². The van der Waals surface area contributed by atoms with Crippen LogP contribution in [0.2, 0.25) is 0 Å². The van der Waals surface area contributed by atoms with Crippen LogP contribution in [-0.2, 0) is 19.1 Å². The van der Waals surface area contributed by atoms with Crippen LogP contribution < -0.4 is 10.6 Å². The van der Waals surface area contributed by atoms with Crippen molar-refractivity contribution in [3.63, 3.8) is 0 Å². The number of rotatable bonds is 11. The average Bonchev–Trinajstić information content (AvgIpc) is 4.07. The number of carbonyl (C=O) groups is 4. The zero-order valence-corrected chi connectivity index (χ0v) is 35.6. The van der Waals surface area contributed by atoms with E-state index in [1.54, 1.807) is 0 Å². The Hall–Kier alpha value is -6.18. The van der Waals surface area contributed by atoms with Crippen molar-refractivity contribution >= 4 is 34.8 Å². The van der Waals surface area contributed by atoms with Crippen LogP contribution in [0.4, 0.5) is 9.59 Å². The molecule has 6 atom stereocenters. The van der Waals surface area contributed by atoms with E-state index in [4.69, 9.17) is 19.4 Å². The van der Waals surface area contributed by atoms with Crippen molar-refractivity contribution in [2.45, 2.75) is 78.6 Å². The summed E-state index contributed by atoms with van der Waals surface area (Å²) in [7, 11) is 2.59. The fraction of sp³-hybridized carbons (Fsp3) is 0.435. The van der Waals surface area contributed by atoms with Gasteiger partial charge in [-0.3, -0.25) is 9.59 Å². The van der Waals surface area contributed by atoms with Crippen LogP contribution in [-0.4, -0.2) is 93.1 Å². The maximum atomic E-state index is 13.7. The number of hydrogen-bond acceptors (Lipinski definition) is 8. The van der Waals surface area contributed by atoms with E-state index in [0.717, 1.165) is 68.9 Å². The minimum Gasteiger partial charge on any atom is -0.453 e. The maximum Gasteiger partial charge on any atom is 0.407 e. The number of benzene rings is 3. The molecule has 14 heteroatoms. The third-order valence-corrected chi connectivity index (χ3v) is 11.9. The summed E-state index contributed by atoms with van der Waals surface area (Å²) < 4.78 is 9.57. The Morgan fingerprint density at radius 2 is 1.02 bits per heavy atom. The summed E-state index contributed by atoms with van der Waals surface area (Å²) >= 11 is 0. The molecule has 0 radical (unpaired) electrons. The first kappa shape index (κ1) is 42.0. The SMILES string of the molecule is COC(=O)N[C@H](C(=O)N1C[C@H](C)C[C@H]1c1ncc(-c2ccc(-c3ccc4cc(-c5cnc([C@@H]6C[C@@H](C)CN6C(=O)[C@@H](NC(=O)OC)C(C)C)[nH]5)ccc4c3)cc2)[nH]1)C(C)C. The molecule has 60 heavy (non-hydrogen) atoms. The molecular weight excluding hydrogens is 761 g/mol. The van der Waals surface area contributed by atoms with Crippen LogP contribution in [0.25, 0.3) is 44.4 Å². The molecular formula is C46H56N8O6. The molecule has 2 fully saturated rings. The van der Waals surface area contributed by atoms with Gasteiger partial charge in [-0.2, -0.15) is 0 Å². The van der Waals surface area contributed by atoms with Gasteiger partial charge in [0.05, 0.1) is 50.1 Å². The smallest absolute Gasteiger partial charge is 0.407 e. The van der Waals surface area contributed by atoms with E-state index in [9.17, 15) is 19.2 Å². The third kappa shape index (κ3) is 8.73. The normalized spacial score (nSPS) is 20.1. The Balaban J connectivity index is 1.04. The van der Waals surface area contributed by atoms with Gasteiger partial charge in [0.1, 0.15) is 23.7 Å². The first-order valence-corrected chi connectivity index (χ1v) is 20.8. The molecule has 0 saturated carbocycles. The van der Waals surface area contributed by atoms with Crippen LogP contribution in [0, 0.1) is 23.7 Å². The first-order chi connectivity index (χ1) is 28.7. The monoisotopic (exact) mass is 816 g/mol. The largest absolute Gasteiger partial charge is 0.453 e. The minimum absolute atomic E-state index is 0.114. The molecule has 316 valence electrons. The second kappa shape index (κ2) is 17.6. The van der Waals surface area contributed by atoms with E-state index in [1.165, 1.54) is 14.2 Å². The average molecular weight is 817 g/mol. The fourth-order valence-corrected chi connectivity index (χ4v) is 8.59. The van der Waals surface area contributed by atoms with Crippen molar-refractivity contribution in [2.75, 3.05) is 27.3 Å². The summed E-state index contributed by atoms with van der Waals surface area (Å²) in [6.07, 6.45) is 3.93. The number of methoxy groups -OCH3 is 2. The van der Waals surface area contributed by atoms with Crippen LogP contribution >= 0.6 is 0 Å². The molecule has 4 amide bonds. The molecule has 2 aliphatic heterocycles. The lowest BCUT2D eigenvalue weighted by molar-refractivity contribution is -0.136. The van der Waals surface area contributed by atoms with Crippen molar-refractivity contribution < 1.29 is 28.7 Å². The van der Waals surface area contributed by atoms with E-state index in [0.29, 0.717) is 13.1 Å². The van der Waals surface area contributed by atoms with E-state index in [-0.39, 0.29) is 47.6 Å². The third-order valence-electron chi connectivity index (χ3n) is 11.9. The van der Waals surface area contributed by atoms with Gasteiger partial charge in [0.25, 0.3) is 0 Å². The predicted molar refractivity (Wildman–Crippen MR) is 229 cm³/mol. The number of alkyl carbamates (subject to hydrolysis) is 2. The van der Waals surface area contributed by atoms with E-state index < -0.39 is 24.3 Å². The highest BCUT2D eigenvalue weighted by atomic mass is 16.5. The number of amides is 4.